The van der Waals surface area contributed by atoms with E-state index in [4.69, 9.17) is 4.42 Å². The Labute approximate surface area is 106 Å². The second-order valence-corrected chi connectivity index (χ2v) is 4.48. The van der Waals surface area contributed by atoms with Crippen molar-refractivity contribution in [2.24, 2.45) is 0 Å². The molecule has 96 valence electrons. The number of nitrogens with zero attached hydrogens (tertiary/aromatic N) is 1. The molecule has 0 aromatic carbocycles. The first-order chi connectivity index (χ1) is 8.56. The van der Waals surface area contributed by atoms with Crippen LogP contribution in [0.5, 0.6) is 0 Å². The van der Waals surface area contributed by atoms with Gasteiger partial charge in [-0.25, -0.2) is 4.39 Å². The summed E-state index contributed by atoms with van der Waals surface area (Å²) in [4.78, 5) is 3.82. The molecule has 0 radical (unpaired) electrons. The average molecular weight is 248 g/mol. The van der Waals surface area contributed by atoms with Crippen LogP contribution in [0.25, 0.3) is 0 Å². The molecule has 0 saturated carbocycles. The van der Waals surface area contributed by atoms with Crippen LogP contribution in [0.1, 0.15) is 35.6 Å². The Morgan fingerprint density at radius 2 is 2.11 bits per heavy atom. The molecule has 0 aliphatic carbocycles. The van der Waals surface area contributed by atoms with Crippen LogP contribution in [-0.2, 0) is 6.54 Å². The largest absolute Gasteiger partial charge is 0.466 e. The first-order valence-corrected chi connectivity index (χ1v) is 5.96. The van der Waals surface area contributed by atoms with Crippen LogP contribution in [0.3, 0.4) is 0 Å². The van der Waals surface area contributed by atoms with E-state index in [1.54, 1.807) is 6.20 Å². The smallest absolute Gasteiger partial charge is 0.141 e. The van der Waals surface area contributed by atoms with Crippen LogP contribution in [-0.4, -0.2) is 4.98 Å². The minimum Gasteiger partial charge on any atom is -0.466 e. The van der Waals surface area contributed by atoms with E-state index >= 15 is 0 Å². The van der Waals surface area contributed by atoms with E-state index in [0.717, 1.165) is 22.6 Å². The normalized spacial score (nSPS) is 12.7. The lowest BCUT2D eigenvalue weighted by Crippen LogP contribution is -2.18. The van der Waals surface area contributed by atoms with Crippen molar-refractivity contribution in [3.05, 3.63) is 53.0 Å². The van der Waals surface area contributed by atoms with Crippen LogP contribution < -0.4 is 5.32 Å². The highest BCUT2D eigenvalue weighted by atomic mass is 19.1. The highest BCUT2D eigenvalue weighted by molar-refractivity contribution is 5.23. The zero-order chi connectivity index (χ0) is 13.1. The maximum absolute atomic E-state index is 13.0. The van der Waals surface area contributed by atoms with Crippen molar-refractivity contribution in [1.82, 2.24) is 10.3 Å². The standard InChI is InChI=1S/C14H17FN2O/c1-9-4-14(11(3)18-9)10(2)17-7-12-5-13(15)8-16-6-12/h4-6,8,10,17H,7H2,1-3H3. The first kappa shape index (κ1) is 12.8. The molecule has 2 heterocycles. The quantitative estimate of drug-likeness (QED) is 0.902. The highest BCUT2D eigenvalue weighted by Crippen LogP contribution is 2.21. The van der Waals surface area contributed by atoms with Gasteiger partial charge in [-0.2, -0.15) is 0 Å². The molecule has 1 atom stereocenters. The molecule has 0 fully saturated rings. The van der Waals surface area contributed by atoms with Crippen molar-refractivity contribution < 1.29 is 8.81 Å². The molecule has 2 aromatic rings. The minimum absolute atomic E-state index is 0.158. The van der Waals surface area contributed by atoms with Gasteiger partial charge in [-0.3, -0.25) is 4.98 Å². The molecule has 4 heteroatoms. The lowest BCUT2D eigenvalue weighted by atomic mass is 10.1. The fourth-order valence-electron chi connectivity index (χ4n) is 2.01. The van der Waals surface area contributed by atoms with Gasteiger partial charge < -0.3 is 9.73 Å². The van der Waals surface area contributed by atoms with Crippen LogP contribution >= 0.6 is 0 Å². The third kappa shape index (κ3) is 2.96. The van der Waals surface area contributed by atoms with Crippen molar-refractivity contribution in [1.29, 1.82) is 0 Å². The monoisotopic (exact) mass is 248 g/mol. The van der Waals surface area contributed by atoms with Crippen LogP contribution in [0, 0.1) is 19.7 Å². The van der Waals surface area contributed by atoms with E-state index in [-0.39, 0.29) is 11.9 Å². The molecular weight excluding hydrogens is 231 g/mol. The van der Waals surface area contributed by atoms with Gasteiger partial charge in [-0.05, 0) is 38.5 Å². The Morgan fingerprint density at radius 1 is 1.33 bits per heavy atom. The summed E-state index contributed by atoms with van der Waals surface area (Å²) >= 11 is 0. The fourth-order valence-corrected chi connectivity index (χ4v) is 2.01. The van der Waals surface area contributed by atoms with Gasteiger partial charge in [-0.1, -0.05) is 0 Å². The first-order valence-electron chi connectivity index (χ1n) is 5.96. The van der Waals surface area contributed by atoms with Crippen molar-refractivity contribution in [3.63, 3.8) is 0 Å². The van der Waals surface area contributed by atoms with E-state index in [1.807, 2.05) is 19.9 Å². The molecule has 1 N–H and O–H groups in total. The minimum atomic E-state index is -0.308. The number of rotatable bonds is 4. The van der Waals surface area contributed by atoms with Gasteiger partial charge in [0.1, 0.15) is 17.3 Å². The molecule has 18 heavy (non-hydrogen) atoms. The molecule has 0 spiro atoms. The molecular formula is C14H17FN2O. The SMILES string of the molecule is Cc1cc(C(C)NCc2cncc(F)c2)c(C)o1. The summed E-state index contributed by atoms with van der Waals surface area (Å²) in [6.07, 6.45) is 2.87. The highest BCUT2D eigenvalue weighted by Gasteiger charge is 2.12. The maximum Gasteiger partial charge on any atom is 0.141 e. The average Bonchev–Trinajstić information content (AvgIpc) is 2.66. The van der Waals surface area contributed by atoms with Crippen molar-refractivity contribution in [2.75, 3.05) is 0 Å². The van der Waals surface area contributed by atoms with E-state index in [9.17, 15) is 4.39 Å². The van der Waals surface area contributed by atoms with E-state index < -0.39 is 0 Å². The Morgan fingerprint density at radius 3 is 2.72 bits per heavy atom. The maximum atomic E-state index is 13.0. The second kappa shape index (κ2) is 5.31. The van der Waals surface area contributed by atoms with Crippen molar-refractivity contribution >= 4 is 0 Å². The number of pyridine rings is 1. The molecule has 0 bridgehead atoms. The van der Waals surface area contributed by atoms with Gasteiger partial charge in [0.25, 0.3) is 0 Å². The Bertz CT molecular complexity index is 536. The molecule has 0 saturated heterocycles. The molecule has 0 aliphatic rings. The van der Waals surface area contributed by atoms with Crippen LogP contribution in [0.15, 0.2) is 28.9 Å². The van der Waals surface area contributed by atoms with Gasteiger partial charge in [0.15, 0.2) is 0 Å². The van der Waals surface area contributed by atoms with E-state index in [1.165, 1.54) is 12.3 Å². The zero-order valence-corrected chi connectivity index (χ0v) is 10.8. The van der Waals surface area contributed by atoms with Gasteiger partial charge in [-0.15, -0.1) is 0 Å². The predicted octanol–water partition coefficient (Wildman–Crippen LogP) is 3.28. The van der Waals surface area contributed by atoms with Crippen LogP contribution in [0.4, 0.5) is 4.39 Å². The van der Waals surface area contributed by atoms with Gasteiger partial charge in [0.05, 0.1) is 6.20 Å². The summed E-state index contributed by atoms with van der Waals surface area (Å²) in [5.74, 6) is 1.52. The molecule has 1 unspecified atom stereocenters. The summed E-state index contributed by atoms with van der Waals surface area (Å²) in [5.41, 5.74) is 1.97. The number of furan rings is 1. The summed E-state index contributed by atoms with van der Waals surface area (Å²) in [6.45, 7) is 6.52. The summed E-state index contributed by atoms with van der Waals surface area (Å²) < 4.78 is 18.5. The van der Waals surface area contributed by atoms with Gasteiger partial charge >= 0.3 is 0 Å². The number of hydrogen-bond donors (Lipinski definition) is 1. The molecule has 0 amide bonds. The Hall–Kier alpha value is -1.68. The van der Waals surface area contributed by atoms with Gasteiger partial charge in [0, 0.05) is 24.3 Å². The number of halogens is 1. The summed E-state index contributed by atoms with van der Waals surface area (Å²) in [7, 11) is 0. The number of nitrogens with one attached hydrogen (secondary N) is 1. The topological polar surface area (TPSA) is 38.1 Å². The zero-order valence-electron chi connectivity index (χ0n) is 10.8. The fraction of sp³-hybridized carbons (Fsp3) is 0.357. The Kier molecular flexibility index (Phi) is 3.77. The lowest BCUT2D eigenvalue weighted by Gasteiger charge is -2.12. The number of aryl methyl sites for hydroxylation is 2. The summed E-state index contributed by atoms with van der Waals surface area (Å²) in [5, 5.41) is 3.33. The predicted molar refractivity (Wildman–Crippen MR) is 67.6 cm³/mol. The molecule has 2 aromatic heterocycles. The summed E-state index contributed by atoms with van der Waals surface area (Å²) in [6, 6.07) is 3.67. The third-order valence-electron chi connectivity index (χ3n) is 2.92. The Balaban J connectivity index is 2.00. The molecule has 3 nitrogen and oxygen atoms in total. The lowest BCUT2D eigenvalue weighted by molar-refractivity contribution is 0.489. The third-order valence-corrected chi connectivity index (χ3v) is 2.92. The van der Waals surface area contributed by atoms with Crippen molar-refractivity contribution in [2.45, 2.75) is 33.4 Å². The second-order valence-electron chi connectivity index (χ2n) is 4.48. The molecule has 2 rings (SSSR count). The van der Waals surface area contributed by atoms with Crippen molar-refractivity contribution in [3.8, 4) is 0 Å². The van der Waals surface area contributed by atoms with E-state index in [2.05, 4.69) is 17.2 Å². The van der Waals surface area contributed by atoms with Crippen LogP contribution in [0.2, 0.25) is 0 Å². The number of aromatic nitrogens is 1. The number of hydrogen-bond acceptors (Lipinski definition) is 3. The van der Waals surface area contributed by atoms with Gasteiger partial charge in [0.2, 0.25) is 0 Å². The van der Waals surface area contributed by atoms with E-state index in [0.29, 0.717) is 6.54 Å². The molecule has 0 aliphatic heterocycles.